The second-order valence-electron chi connectivity index (χ2n) is 9.45. The molecule has 0 saturated heterocycles. The molecular weight excluding hydrogens is 434 g/mol. The highest BCUT2D eigenvalue weighted by Gasteiger charge is 2.48. The smallest absolute Gasteiger partial charge is 0.271 e. The van der Waals surface area contributed by atoms with E-state index < -0.39 is 5.54 Å². The van der Waals surface area contributed by atoms with Crippen molar-refractivity contribution in [2.45, 2.75) is 70.1 Å². The molecule has 1 N–H and O–H groups in total. The predicted octanol–water partition coefficient (Wildman–Crippen LogP) is 4.97. The summed E-state index contributed by atoms with van der Waals surface area (Å²) < 4.78 is 7.42. The number of thiophene rings is 1. The lowest BCUT2D eigenvalue weighted by Crippen LogP contribution is -2.64. The number of nitrogens with one attached hydrogen (secondary N) is 1. The first-order chi connectivity index (χ1) is 16.0. The Morgan fingerprint density at radius 3 is 2.67 bits per heavy atom. The second-order valence-corrected chi connectivity index (χ2v) is 10.5. The average Bonchev–Trinajstić information content (AvgIpc) is 3.38. The molecule has 2 aliphatic rings. The molecule has 2 aromatic heterocycles. The van der Waals surface area contributed by atoms with Crippen molar-refractivity contribution in [3.63, 3.8) is 0 Å². The third-order valence-corrected chi connectivity index (χ3v) is 8.07. The van der Waals surface area contributed by atoms with Crippen LogP contribution >= 0.6 is 11.3 Å². The van der Waals surface area contributed by atoms with E-state index in [0.717, 1.165) is 47.2 Å². The molecule has 7 heteroatoms. The van der Waals surface area contributed by atoms with E-state index in [1.165, 1.54) is 12.8 Å². The van der Waals surface area contributed by atoms with Crippen LogP contribution < -0.4 is 10.1 Å². The standard InChI is InChI=1S/C26H31N3O3S/c1-26(25(31)27-19-8-5-3-4-6-9-19)17-28-22-15-20(32-2)12-11-18(22)14-23(28)24(30)29(26)16-21-10-7-13-33-21/h7,10-15,19H,3-6,8-9,16-17H2,1-2H3,(H,27,31)/t26-/m0/s1. The van der Waals surface area contributed by atoms with E-state index in [9.17, 15) is 9.59 Å². The fraction of sp³-hybridized carbons (Fsp3) is 0.462. The number of nitrogens with zero attached hydrogens (tertiary/aromatic N) is 2. The molecule has 1 saturated carbocycles. The molecule has 6 nitrogen and oxygen atoms in total. The van der Waals surface area contributed by atoms with Gasteiger partial charge in [0.25, 0.3) is 5.91 Å². The topological polar surface area (TPSA) is 63.6 Å². The van der Waals surface area contributed by atoms with Crippen LogP contribution in [0.1, 0.15) is 60.8 Å². The molecule has 0 radical (unpaired) electrons. The number of carbonyl (C=O) groups is 2. The minimum absolute atomic E-state index is 0.0605. The second kappa shape index (κ2) is 8.86. The Labute approximate surface area is 198 Å². The number of carbonyl (C=O) groups excluding carboxylic acids is 2. The average molecular weight is 466 g/mol. The Morgan fingerprint density at radius 1 is 1.18 bits per heavy atom. The summed E-state index contributed by atoms with van der Waals surface area (Å²) in [4.78, 5) is 30.5. The van der Waals surface area contributed by atoms with Crippen LogP contribution in [0, 0.1) is 0 Å². The Morgan fingerprint density at radius 2 is 1.97 bits per heavy atom. The van der Waals surface area contributed by atoms with Gasteiger partial charge in [0.1, 0.15) is 17.0 Å². The molecule has 2 amide bonds. The van der Waals surface area contributed by atoms with Gasteiger partial charge in [-0.15, -0.1) is 11.3 Å². The highest BCUT2D eigenvalue weighted by Crippen LogP contribution is 2.35. The normalized spacial score (nSPS) is 21.6. The van der Waals surface area contributed by atoms with Crippen molar-refractivity contribution < 1.29 is 14.3 Å². The van der Waals surface area contributed by atoms with E-state index in [1.54, 1.807) is 23.3 Å². The van der Waals surface area contributed by atoms with Gasteiger partial charge in [-0.25, -0.2) is 0 Å². The monoisotopic (exact) mass is 465 g/mol. The molecule has 1 aliphatic carbocycles. The number of hydrogen-bond acceptors (Lipinski definition) is 4. The van der Waals surface area contributed by atoms with Crippen LogP contribution in [-0.2, 0) is 17.9 Å². The molecule has 0 bridgehead atoms. The van der Waals surface area contributed by atoms with Gasteiger partial charge in [0.05, 0.1) is 25.7 Å². The number of hydrogen-bond donors (Lipinski definition) is 1. The number of ether oxygens (including phenoxy) is 1. The van der Waals surface area contributed by atoms with Crippen LogP contribution in [0.5, 0.6) is 5.75 Å². The molecular formula is C26H31N3O3S. The zero-order chi connectivity index (χ0) is 23.0. The highest BCUT2D eigenvalue weighted by atomic mass is 32.1. The van der Waals surface area contributed by atoms with E-state index in [-0.39, 0.29) is 17.9 Å². The SMILES string of the molecule is COc1ccc2cc3n(c2c1)C[C@@](C)(C(=O)NC1CCCCCC1)N(Cc1cccs1)C3=O. The van der Waals surface area contributed by atoms with Gasteiger partial charge < -0.3 is 19.5 Å². The van der Waals surface area contributed by atoms with E-state index in [1.807, 2.05) is 53.3 Å². The summed E-state index contributed by atoms with van der Waals surface area (Å²) in [6.45, 7) is 2.75. The summed E-state index contributed by atoms with van der Waals surface area (Å²) in [5.74, 6) is 0.569. The molecule has 0 spiro atoms. The van der Waals surface area contributed by atoms with Gasteiger partial charge >= 0.3 is 0 Å². The summed E-state index contributed by atoms with van der Waals surface area (Å²) in [5, 5.41) is 6.31. The quantitative estimate of drug-likeness (QED) is 0.542. The van der Waals surface area contributed by atoms with Crippen molar-refractivity contribution in [2.24, 2.45) is 0 Å². The molecule has 1 fully saturated rings. The van der Waals surface area contributed by atoms with Gasteiger partial charge in [0.15, 0.2) is 0 Å². The number of methoxy groups -OCH3 is 1. The Kier molecular flexibility index (Phi) is 5.91. The summed E-state index contributed by atoms with van der Waals surface area (Å²) in [6, 6.07) is 11.9. The Hall–Kier alpha value is -2.80. The number of amides is 2. The highest BCUT2D eigenvalue weighted by molar-refractivity contribution is 7.09. The Bertz CT molecular complexity index is 1160. The molecule has 1 aromatic carbocycles. The first-order valence-corrected chi connectivity index (χ1v) is 12.7. The van der Waals surface area contributed by atoms with Gasteiger partial charge in [-0.1, -0.05) is 31.7 Å². The molecule has 1 atom stereocenters. The van der Waals surface area contributed by atoms with Crippen molar-refractivity contribution in [1.29, 1.82) is 0 Å². The maximum atomic E-state index is 13.8. The largest absolute Gasteiger partial charge is 0.497 e. The summed E-state index contributed by atoms with van der Waals surface area (Å²) in [5.41, 5.74) is 0.548. The summed E-state index contributed by atoms with van der Waals surface area (Å²) in [7, 11) is 1.64. The lowest BCUT2D eigenvalue weighted by Gasteiger charge is -2.44. The maximum absolute atomic E-state index is 13.8. The fourth-order valence-corrected chi connectivity index (χ4v) is 5.92. The number of benzene rings is 1. The molecule has 1 aliphatic heterocycles. The predicted molar refractivity (Wildman–Crippen MR) is 131 cm³/mol. The minimum Gasteiger partial charge on any atom is -0.497 e. The molecule has 5 rings (SSSR count). The van der Waals surface area contributed by atoms with Gasteiger partial charge in [-0.2, -0.15) is 0 Å². The van der Waals surface area contributed by atoms with Crippen LogP contribution in [0.4, 0.5) is 0 Å². The van der Waals surface area contributed by atoms with Crippen LogP contribution in [-0.4, -0.2) is 40.0 Å². The number of rotatable bonds is 5. The lowest BCUT2D eigenvalue weighted by molar-refractivity contribution is -0.134. The third kappa shape index (κ3) is 4.03. The van der Waals surface area contributed by atoms with Crippen molar-refractivity contribution >= 4 is 34.1 Å². The molecule has 0 unspecified atom stereocenters. The molecule has 33 heavy (non-hydrogen) atoms. The molecule has 174 valence electrons. The number of aromatic nitrogens is 1. The van der Waals surface area contributed by atoms with Crippen molar-refractivity contribution in [3.8, 4) is 5.75 Å². The van der Waals surface area contributed by atoms with Gasteiger partial charge in [0, 0.05) is 22.4 Å². The maximum Gasteiger partial charge on any atom is 0.271 e. The number of fused-ring (bicyclic) bond motifs is 3. The van der Waals surface area contributed by atoms with Crippen LogP contribution in [0.2, 0.25) is 0 Å². The van der Waals surface area contributed by atoms with Crippen molar-refractivity contribution in [3.05, 3.63) is 52.3 Å². The van der Waals surface area contributed by atoms with Crippen LogP contribution in [0.3, 0.4) is 0 Å². The van der Waals surface area contributed by atoms with Gasteiger partial charge in [-0.05, 0) is 49.4 Å². The van der Waals surface area contributed by atoms with Crippen molar-refractivity contribution in [1.82, 2.24) is 14.8 Å². The molecule has 3 aromatic rings. The minimum atomic E-state index is -0.991. The third-order valence-electron chi connectivity index (χ3n) is 7.21. The van der Waals surface area contributed by atoms with Crippen LogP contribution in [0.15, 0.2) is 41.8 Å². The fourth-order valence-electron chi connectivity index (χ4n) is 5.23. The van der Waals surface area contributed by atoms with E-state index in [0.29, 0.717) is 18.8 Å². The molecule has 3 heterocycles. The van der Waals surface area contributed by atoms with E-state index >= 15 is 0 Å². The first kappa shape index (κ1) is 22.0. The van der Waals surface area contributed by atoms with Gasteiger partial charge in [0.2, 0.25) is 5.91 Å². The Balaban J connectivity index is 1.54. The zero-order valence-electron chi connectivity index (χ0n) is 19.3. The van der Waals surface area contributed by atoms with Crippen LogP contribution in [0.25, 0.3) is 10.9 Å². The summed E-state index contributed by atoms with van der Waals surface area (Å²) in [6.07, 6.45) is 6.77. The van der Waals surface area contributed by atoms with Crippen molar-refractivity contribution in [2.75, 3.05) is 7.11 Å². The van der Waals surface area contributed by atoms with Gasteiger partial charge in [-0.3, -0.25) is 9.59 Å². The zero-order valence-corrected chi connectivity index (χ0v) is 20.1. The van der Waals surface area contributed by atoms with E-state index in [2.05, 4.69) is 5.32 Å². The lowest BCUT2D eigenvalue weighted by atomic mass is 9.93. The summed E-state index contributed by atoms with van der Waals surface area (Å²) >= 11 is 1.61. The van der Waals surface area contributed by atoms with E-state index in [4.69, 9.17) is 4.74 Å². The first-order valence-electron chi connectivity index (χ1n) is 11.8.